The van der Waals surface area contributed by atoms with Crippen LogP contribution in [0.5, 0.6) is 0 Å². The van der Waals surface area contributed by atoms with Crippen molar-refractivity contribution in [1.82, 2.24) is 14.0 Å². The van der Waals surface area contributed by atoms with Gasteiger partial charge in [-0.3, -0.25) is 9.34 Å². The fraction of sp³-hybridized carbons (Fsp3) is 0.600. The van der Waals surface area contributed by atoms with Crippen molar-refractivity contribution >= 4 is 8.37 Å². The Morgan fingerprint density at radius 3 is 1.71 bits per heavy atom. The van der Waals surface area contributed by atoms with Gasteiger partial charge in [0.05, 0.1) is 13.1 Å². The summed E-state index contributed by atoms with van der Waals surface area (Å²) in [5.74, 6) is 5.38. The highest BCUT2D eigenvalue weighted by atomic mass is 31.2. The first-order valence-electron chi connectivity index (χ1n) is 4.78. The molecule has 74 valence electrons. The Balaban J connectivity index is 1.98. The van der Waals surface area contributed by atoms with Gasteiger partial charge in [0.2, 0.25) is 0 Å². The van der Waals surface area contributed by atoms with Crippen LogP contribution in [0.25, 0.3) is 0 Å². The summed E-state index contributed by atoms with van der Waals surface area (Å²) < 4.78 is 7.16. The van der Waals surface area contributed by atoms with Gasteiger partial charge in [0.25, 0.3) is 0 Å². The third-order valence-electron chi connectivity index (χ3n) is 2.15. The second-order valence-corrected chi connectivity index (χ2v) is 5.64. The lowest BCUT2D eigenvalue weighted by molar-refractivity contribution is 0.520. The van der Waals surface area contributed by atoms with Crippen LogP contribution < -0.4 is 0 Å². The lowest BCUT2D eigenvalue weighted by atomic mass is 10.6. The molecule has 2 aliphatic heterocycles. The molecular formula is C10H14N3P. The van der Waals surface area contributed by atoms with E-state index in [1.54, 1.807) is 0 Å². The van der Waals surface area contributed by atoms with Crippen molar-refractivity contribution in [1.29, 1.82) is 0 Å². The average Bonchev–Trinajstić information content (AvgIpc) is 3.00. The van der Waals surface area contributed by atoms with Crippen LogP contribution in [-0.2, 0) is 0 Å². The molecule has 0 aromatic rings. The van der Waals surface area contributed by atoms with Crippen LogP contribution >= 0.6 is 8.37 Å². The zero-order chi connectivity index (χ0) is 9.97. The maximum atomic E-state index is 5.35. The zero-order valence-electron chi connectivity index (χ0n) is 8.19. The maximum absolute atomic E-state index is 5.35. The van der Waals surface area contributed by atoms with Crippen LogP contribution in [0.4, 0.5) is 0 Å². The normalized spacial score (nSPS) is 20.9. The molecule has 0 spiro atoms. The van der Waals surface area contributed by atoms with Crippen LogP contribution in [0.15, 0.2) is 0 Å². The highest BCUT2D eigenvalue weighted by Gasteiger charge is 2.41. The number of hydrogen-bond acceptors (Lipinski definition) is 3. The summed E-state index contributed by atoms with van der Waals surface area (Å²) in [6.45, 7) is 6.15. The average molecular weight is 207 g/mol. The van der Waals surface area contributed by atoms with Gasteiger partial charge in [-0.2, -0.15) is 0 Å². The van der Waals surface area contributed by atoms with Gasteiger partial charge in [-0.15, -0.1) is 12.8 Å². The van der Waals surface area contributed by atoms with Crippen LogP contribution in [0.3, 0.4) is 0 Å². The molecule has 4 heteroatoms. The largest absolute Gasteiger partial charge is 0.255 e. The van der Waals surface area contributed by atoms with Crippen molar-refractivity contribution < 1.29 is 0 Å². The molecule has 0 aliphatic carbocycles. The Kier molecular flexibility index (Phi) is 3.06. The molecule has 0 aromatic heterocycles. The van der Waals surface area contributed by atoms with Gasteiger partial charge in [0.15, 0.2) is 0 Å². The molecule has 0 amide bonds. The van der Waals surface area contributed by atoms with Crippen molar-refractivity contribution in [3.8, 4) is 24.7 Å². The quantitative estimate of drug-likeness (QED) is 0.367. The summed E-state index contributed by atoms with van der Waals surface area (Å²) >= 11 is 0. The van der Waals surface area contributed by atoms with E-state index in [4.69, 9.17) is 12.8 Å². The second-order valence-electron chi connectivity index (χ2n) is 3.41. The summed E-state index contributed by atoms with van der Waals surface area (Å²) in [5.41, 5.74) is 0. The Hall–Kier alpha value is -0.570. The fourth-order valence-electron chi connectivity index (χ4n) is 1.38. The van der Waals surface area contributed by atoms with Gasteiger partial charge < -0.3 is 0 Å². The first-order chi connectivity index (χ1) is 6.86. The topological polar surface area (TPSA) is 9.26 Å². The van der Waals surface area contributed by atoms with Crippen LogP contribution in [-0.4, -0.2) is 53.3 Å². The van der Waals surface area contributed by atoms with Crippen molar-refractivity contribution in [3.63, 3.8) is 0 Å². The number of hydrogen-bond donors (Lipinski definition) is 0. The standard InChI is InChI=1S/C10H14N3P/c1-3-5-11(6-4-2)14(12-7-8-12)13-9-10-13/h1-2H,5-10H2. The predicted octanol–water partition coefficient (Wildman–Crippen LogP) is 0.413. The van der Waals surface area contributed by atoms with Gasteiger partial charge in [-0.05, 0) is 0 Å². The van der Waals surface area contributed by atoms with Gasteiger partial charge in [0, 0.05) is 26.2 Å². The number of rotatable bonds is 5. The Morgan fingerprint density at radius 2 is 1.43 bits per heavy atom. The molecule has 0 aromatic carbocycles. The van der Waals surface area contributed by atoms with E-state index in [-0.39, 0.29) is 8.37 Å². The molecular weight excluding hydrogens is 193 g/mol. The molecule has 0 bridgehead atoms. The SMILES string of the molecule is C#CCN(CC#C)P(N1CC1)N1CC1. The third-order valence-corrected chi connectivity index (χ3v) is 4.75. The first-order valence-corrected chi connectivity index (χ1v) is 5.98. The van der Waals surface area contributed by atoms with Crippen molar-refractivity contribution in [2.75, 3.05) is 39.3 Å². The van der Waals surface area contributed by atoms with Gasteiger partial charge in [-0.1, -0.05) is 11.8 Å². The molecule has 2 fully saturated rings. The smallest absolute Gasteiger partial charge is 0.122 e. The summed E-state index contributed by atoms with van der Waals surface area (Å²) in [5, 5.41) is 0. The molecule has 0 unspecified atom stereocenters. The lowest BCUT2D eigenvalue weighted by Crippen LogP contribution is -2.25. The van der Waals surface area contributed by atoms with E-state index in [1.165, 1.54) is 26.2 Å². The summed E-state index contributed by atoms with van der Waals surface area (Å²) in [4.78, 5) is 0. The van der Waals surface area contributed by atoms with E-state index < -0.39 is 0 Å². The van der Waals surface area contributed by atoms with Crippen LogP contribution in [0, 0.1) is 24.7 Å². The van der Waals surface area contributed by atoms with E-state index >= 15 is 0 Å². The van der Waals surface area contributed by atoms with Crippen molar-refractivity contribution in [2.24, 2.45) is 0 Å². The van der Waals surface area contributed by atoms with Gasteiger partial charge in [-0.25, -0.2) is 4.67 Å². The molecule has 0 saturated carbocycles. The fourth-order valence-corrected chi connectivity index (χ4v) is 3.76. The molecule has 2 aliphatic rings. The summed E-state index contributed by atoms with van der Waals surface area (Å²) in [6.07, 6.45) is 10.7. The molecule has 0 radical (unpaired) electrons. The van der Waals surface area contributed by atoms with Crippen molar-refractivity contribution in [2.45, 2.75) is 0 Å². The minimum Gasteiger partial charge on any atom is -0.255 e. The molecule has 2 saturated heterocycles. The highest BCUT2D eigenvalue weighted by molar-refractivity contribution is 7.50. The zero-order valence-corrected chi connectivity index (χ0v) is 9.08. The van der Waals surface area contributed by atoms with E-state index in [0.29, 0.717) is 13.1 Å². The summed E-state index contributed by atoms with van der Waals surface area (Å²) in [6, 6.07) is 0. The van der Waals surface area contributed by atoms with Gasteiger partial charge in [0.1, 0.15) is 8.37 Å². The minimum atomic E-state index is -0.317. The molecule has 0 atom stereocenters. The molecule has 2 heterocycles. The lowest BCUT2D eigenvalue weighted by Gasteiger charge is -2.29. The molecule has 2 rings (SSSR count). The second kappa shape index (κ2) is 4.30. The van der Waals surface area contributed by atoms with E-state index in [0.717, 1.165) is 0 Å². The minimum absolute atomic E-state index is 0.317. The van der Waals surface area contributed by atoms with Crippen LogP contribution in [0.1, 0.15) is 0 Å². The van der Waals surface area contributed by atoms with Crippen molar-refractivity contribution in [3.05, 3.63) is 0 Å². The Bertz CT molecular complexity index is 255. The first kappa shape index (κ1) is 9.97. The van der Waals surface area contributed by atoms with Gasteiger partial charge >= 0.3 is 0 Å². The van der Waals surface area contributed by atoms with E-state index in [1.807, 2.05) is 0 Å². The molecule has 14 heavy (non-hydrogen) atoms. The van der Waals surface area contributed by atoms with E-state index in [9.17, 15) is 0 Å². The monoisotopic (exact) mass is 207 g/mol. The molecule has 0 N–H and O–H groups in total. The molecule has 3 nitrogen and oxygen atoms in total. The number of nitrogens with zero attached hydrogens (tertiary/aromatic N) is 3. The number of terminal acetylenes is 2. The Labute approximate surface area is 87.0 Å². The predicted molar refractivity (Wildman–Crippen MR) is 59.3 cm³/mol. The van der Waals surface area contributed by atoms with E-state index in [2.05, 4.69) is 25.9 Å². The Morgan fingerprint density at radius 1 is 1.00 bits per heavy atom. The summed E-state index contributed by atoms with van der Waals surface area (Å²) in [7, 11) is -0.317. The maximum Gasteiger partial charge on any atom is 0.122 e. The third kappa shape index (κ3) is 2.27. The van der Waals surface area contributed by atoms with Crippen LogP contribution in [0.2, 0.25) is 0 Å². The highest BCUT2D eigenvalue weighted by Crippen LogP contribution is 2.54.